The Morgan fingerprint density at radius 2 is 2.00 bits per heavy atom. The van der Waals surface area contributed by atoms with Crippen LogP contribution in [0.2, 0.25) is 0 Å². The predicted octanol–water partition coefficient (Wildman–Crippen LogP) is 2.49. The van der Waals surface area contributed by atoms with Crippen molar-refractivity contribution in [3.8, 4) is 5.75 Å². The molecule has 0 aliphatic carbocycles. The number of likely N-dealkylation sites (N-methyl/N-ethyl adjacent to an activating group) is 1. The first-order valence-corrected chi connectivity index (χ1v) is 7.47. The Morgan fingerprint density at radius 3 is 2.57 bits per heavy atom. The smallest absolute Gasteiger partial charge is 0.265 e. The lowest BCUT2D eigenvalue weighted by Gasteiger charge is -2.17. The van der Waals surface area contributed by atoms with Crippen molar-refractivity contribution in [2.75, 3.05) is 25.9 Å². The molecule has 6 heteroatoms. The second-order valence-corrected chi connectivity index (χ2v) is 5.89. The van der Waals surface area contributed by atoms with E-state index in [0.29, 0.717) is 28.9 Å². The molecule has 112 valence electrons. The molecule has 0 unspecified atom stereocenters. The molecular formula is C15H19N3O2S. The molecule has 2 rings (SSSR count). The van der Waals surface area contributed by atoms with Crippen LogP contribution in [0.5, 0.6) is 5.75 Å². The summed E-state index contributed by atoms with van der Waals surface area (Å²) >= 11 is 1.22. The lowest BCUT2D eigenvalue weighted by atomic mass is 10.2. The molecular weight excluding hydrogens is 286 g/mol. The van der Waals surface area contributed by atoms with Gasteiger partial charge in [-0.25, -0.2) is 4.98 Å². The molecule has 1 amide bonds. The van der Waals surface area contributed by atoms with Crippen molar-refractivity contribution >= 4 is 22.4 Å². The van der Waals surface area contributed by atoms with Gasteiger partial charge in [0.25, 0.3) is 5.91 Å². The second-order valence-electron chi connectivity index (χ2n) is 4.85. The van der Waals surface area contributed by atoms with Gasteiger partial charge in [0.2, 0.25) is 0 Å². The van der Waals surface area contributed by atoms with E-state index < -0.39 is 0 Å². The molecule has 21 heavy (non-hydrogen) atoms. The minimum atomic E-state index is -0.0748. The van der Waals surface area contributed by atoms with Crippen molar-refractivity contribution in [2.24, 2.45) is 0 Å². The third-order valence-corrected chi connectivity index (χ3v) is 4.05. The Bertz CT molecular complexity index is 622. The summed E-state index contributed by atoms with van der Waals surface area (Å²) in [5.74, 6) is 0.730. The fourth-order valence-corrected chi connectivity index (χ4v) is 2.65. The number of amides is 1. The van der Waals surface area contributed by atoms with E-state index in [9.17, 15) is 4.79 Å². The maximum Gasteiger partial charge on any atom is 0.265 e. The number of nitrogens with zero attached hydrogens (tertiary/aromatic N) is 2. The maximum absolute atomic E-state index is 12.3. The number of rotatable bonds is 5. The number of aromatic nitrogens is 1. The van der Waals surface area contributed by atoms with Crippen molar-refractivity contribution in [3.63, 3.8) is 0 Å². The van der Waals surface area contributed by atoms with Gasteiger partial charge in [0.05, 0.1) is 12.2 Å². The largest absolute Gasteiger partial charge is 0.492 e. The third-order valence-electron chi connectivity index (χ3n) is 3.07. The second kappa shape index (κ2) is 6.58. The third kappa shape index (κ3) is 3.95. The van der Waals surface area contributed by atoms with Crippen LogP contribution in [-0.4, -0.2) is 36.0 Å². The van der Waals surface area contributed by atoms with E-state index in [1.807, 2.05) is 31.2 Å². The Kier molecular flexibility index (Phi) is 4.80. The van der Waals surface area contributed by atoms with Crippen molar-refractivity contribution in [2.45, 2.75) is 13.8 Å². The monoisotopic (exact) mass is 305 g/mol. The van der Waals surface area contributed by atoms with Crippen LogP contribution in [-0.2, 0) is 0 Å². The van der Waals surface area contributed by atoms with Crippen LogP contribution < -0.4 is 10.5 Å². The number of benzene rings is 1. The number of anilines is 1. The number of hydrogen-bond acceptors (Lipinski definition) is 5. The molecule has 2 aromatic rings. The minimum absolute atomic E-state index is 0.0748. The molecule has 0 radical (unpaired) electrons. The van der Waals surface area contributed by atoms with E-state index in [2.05, 4.69) is 4.98 Å². The lowest BCUT2D eigenvalue weighted by Crippen LogP contribution is -2.30. The molecule has 0 saturated heterocycles. The summed E-state index contributed by atoms with van der Waals surface area (Å²) in [6, 6.07) is 7.83. The van der Waals surface area contributed by atoms with Crippen molar-refractivity contribution < 1.29 is 9.53 Å². The molecule has 0 saturated carbocycles. The van der Waals surface area contributed by atoms with Gasteiger partial charge in [-0.2, -0.15) is 0 Å². The summed E-state index contributed by atoms with van der Waals surface area (Å²) in [6.07, 6.45) is 0. The number of carbonyl (C=O) groups excluding carboxylic acids is 1. The van der Waals surface area contributed by atoms with Crippen LogP contribution >= 0.6 is 11.3 Å². The molecule has 0 aliphatic rings. The first-order chi connectivity index (χ1) is 9.97. The molecule has 5 nitrogen and oxygen atoms in total. The van der Waals surface area contributed by atoms with E-state index >= 15 is 0 Å². The zero-order valence-corrected chi connectivity index (χ0v) is 13.2. The minimum Gasteiger partial charge on any atom is -0.492 e. The van der Waals surface area contributed by atoms with Crippen LogP contribution in [0.25, 0.3) is 0 Å². The molecule has 2 N–H and O–H groups in total. The van der Waals surface area contributed by atoms with Gasteiger partial charge in [-0.1, -0.05) is 29.0 Å². The van der Waals surface area contributed by atoms with Crippen LogP contribution in [0.3, 0.4) is 0 Å². The van der Waals surface area contributed by atoms with Gasteiger partial charge in [0.15, 0.2) is 5.13 Å². The van der Waals surface area contributed by atoms with Crippen LogP contribution in [0, 0.1) is 13.8 Å². The molecule has 1 aromatic heterocycles. The highest BCUT2D eigenvalue weighted by Gasteiger charge is 2.18. The van der Waals surface area contributed by atoms with Gasteiger partial charge in [-0.05, 0) is 26.0 Å². The van der Waals surface area contributed by atoms with Crippen molar-refractivity contribution in [3.05, 3.63) is 40.4 Å². The molecule has 0 aliphatic heterocycles. The molecule has 0 bridgehead atoms. The number of ether oxygens (including phenoxy) is 1. The molecule has 1 heterocycles. The highest BCUT2D eigenvalue weighted by Crippen LogP contribution is 2.21. The Labute approximate surface area is 128 Å². The first kappa shape index (κ1) is 15.3. The van der Waals surface area contributed by atoms with E-state index in [1.165, 1.54) is 16.9 Å². The normalized spacial score (nSPS) is 10.4. The predicted molar refractivity (Wildman–Crippen MR) is 84.9 cm³/mol. The Hall–Kier alpha value is -2.08. The summed E-state index contributed by atoms with van der Waals surface area (Å²) in [7, 11) is 1.75. The van der Waals surface area contributed by atoms with E-state index in [1.54, 1.807) is 18.9 Å². The van der Waals surface area contributed by atoms with E-state index in [0.717, 1.165) is 5.75 Å². The van der Waals surface area contributed by atoms with Crippen molar-refractivity contribution in [1.29, 1.82) is 0 Å². The number of carbonyl (C=O) groups is 1. The fraction of sp³-hybridized carbons (Fsp3) is 0.333. The number of thiazole rings is 1. The molecule has 0 fully saturated rings. The highest BCUT2D eigenvalue weighted by molar-refractivity contribution is 7.17. The summed E-state index contributed by atoms with van der Waals surface area (Å²) < 4.78 is 5.62. The SMILES string of the molecule is Cc1ccc(OCCN(C)C(=O)c2sc(N)nc2C)cc1. The van der Waals surface area contributed by atoms with Gasteiger partial charge in [-0.3, -0.25) is 4.79 Å². The topological polar surface area (TPSA) is 68.5 Å². The van der Waals surface area contributed by atoms with Gasteiger partial charge >= 0.3 is 0 Å². The quantitative estimate of drug-likeness (QED) is 0.921. The summed E-state index contributed by atoms with van der Waals surface area (Å²) in [5, 5.41) is 0.417. The zero-order chi connectivity index (χ0) is 15.4. The van der Waals surface area contributed by atoms with E-state index in [4.69, 9.17) is 10.5 Å². The summed E-state index contributed by atoms with van der Waals surface area (Å²) in [4.78, 5) is 18.5. The zero-order valence-electron chi connectivity index (χ0n) is 12.4. The van der Waals surface area contributed by atoms with Crippen LogP contribution in [0.15, 0.2) is 24.3 Å². The fourth-order valence-electron chi connectivity index (χ4n) is 1.83. The molecule has 0 atom stereocenters. The summed E-state index contributed by atoms with van der Waals surface area (Å²) in [6.45, 7) is 4.76. The van der Waals surface area contributed by atoms with E-state index in [-0.39, 0.29) is 5.91 Å². The molecule has 1 aromatic carbocycles. The number of nitrogen functional groups attached to an aromatic ring is 1. The first-order valence-electron chi connectivity index (χ1n) is 6.65. The average Bonchev–Trinajstić information content (AvgIpc) is 2.79. The number of nitrogens with two attached hydrogens (primary N) is 1. The number of aryl methyl sites for hydroxylation is 2. The summed E-state index contributed by atoms with van der Waals surface area (Å²) in [5.41, 5.74) is 7.48. The molecule has 0 spiro atoms. The lowest BCUT2D eigenvalue weighted by molar-refractivity contribution is 0.0777. The van der Waals surface area contributed by atoms with Gasteiger partial charge in [0, 0.05) is 7.05 Å². The Balaban J connectivity index is 1.87. The average molecular weight is 305 g/mol. The van der Waals surface area contributed by atoms with Gasteiger partial charge < -0.3 is 15.4 Å². The van der Waals surface area contributed by atoms with Crippen LogP contribution in [0.1, 0.15) is 20.9 Å². The van der Waals surface area contributed by atoms with Crippen molar-refractivity contribution in [1.82, 2.24) is 9.88 Å². The van der Waals surface area contributed by atoms with Gasteiger partial charge in [0.1, 0.15) is 17.2 Å². The van der Waals surface area contributed by atoms with Gasteiger partial charge in [-0.15, -0.1) is 0 Å². The van der Waals surface area contributed by atoms with Crippen LogP contribution in [0.4, 0.5) is 5.13 Å². The highest BCUT2D eigenvalue weighted by atomic mass is 32.1. The maximum atomic E-state index is 12.3. The number of hydrogen-bond donors (Lipinski definition) is 1. The standard InChI is InChI=1S/C15H19N3O2S/c1-10-4-6-12(7-5-10)20-9-8-18(3)14(19)13-11(2)17-15(16)21-13/h4-7H,8-9H2,1-3H3,(H2,16,17). The Morgan fingerprint density at radius 1 is 1.33 bits per heavy atom.